The molecule has 0 unspecified atom stereocenters. The predicted octanol–water partition coefficient (Wildman–Crippen LogP) is 4.84. The molecular weight excluding hydrogens is 360 g/mol. The second kappa shape index (κ2) is 7.72. The van der Waals surface area contributed by atoms with E-state index in [2.05, 4.69) is 4.98 Å². The van der Waals surface area contributed by atoms with E-state index >= 15 is 0 Å². The highest BCUT2D eigenvalue weighted by atomic mass is 16.5. The van der Waals surface area contributed by atoms with Crippen molar-refractivity contribution in [3.8, 4) is 16.9 Å². The number of nitrogens with zero attached hydrogens (tertiary/aromatic N) is 2. The quantitative estimate of drug-likeness (QED) is 0.391. The van der Waals surface area contributed by atoms with E-state index < -0.39 is 0 Å². The average Bonchev–Trinajstić information content (AvgIpc) is 2.73. The lowest BCUT2D eigenvalue weighted by molar-refractivity contribution is 0.242. The zero-order chi connectivity index (χ0) is 20.4. The molecule has 0 fully saturated rings. The molecule has 2 heterocycles. The Morgan fingerprint density at radius 2 is 1.72 bits per heavy atom. The van der Waals surface area contributed by atoms with E-state index in [-0.39, 0.29) is 17.4 Å². The summed E-state index contributed by atoms with van der Waals surface area (Å²) in [6, 6.07) is 21.1. The number of fused-ring (bicyclic) bond motifs is 1. The summed E-state index contributed by atoms with van der Waals surface area (Å²) in [5.74, 6) is 1.08. The maximum absolute atomic E-state index is 8.66. The molecule has 0 bridgehead atoms. The number of rotatable bonds is 4. The fraction of sp³-hybridized carbons (Fsp3) is 0.125. The first-order chi connectivity index (χ1) is 14.0. The monoisotopic (exact) mass is 382 g/mol. The van der Waals surface area contributed by atoms with Crippen molar-refractivity contribution in [3.05, 3.63) is 90.2 Å². The average molecular weight is 382 g/mol. The van der Waals surface area contributed by atoms with Gasteiger partial charge >= 0.3 is 0 Å². The van der Waals surface area contributed by atoms with Gasteiger partial charge in [-0.1, -0.05) is 30.3 Å². The Hall–Kier alpha value is -3.73. The normalized spacial score (nSPS) is 11.0. The van der Waals surface area contributed by atoms with Crippen LogP contribution in [0.5, 0.6) is 5.75 Å². The Morgan fingerprint density at radius 3 is 2.45 bits per heavy atom. The number of hydrogen-bond acceptors (Lipinski definition) is 4. The third kappa shape index (κ3) is 3.80. The van der Waals surface area contributed by atoms with Gasteiger partial charge in [0.2, 0.25) is 0 Å². The molecule has 5 heteroatoms. The number of aromatic nitrogens is 2. The molecule has 5 nitrogen and oxygen atoms in total. The molecule has 2 N–H and O–H groups in total. The first-order valence-corrected chi connectivity index (χ1v) is 9.50. The summed E-state index contributed by atoms with van der Waals surface area (Å²) < 4.78 is 7.26. The topological polar surface area (TPSA) is 74.8 Å². The van der Waals surface area contributed by atoms with Crippen LogP contribution in [0.2, 0.25) is 0 Å². The summed E-state index contributed by atoms with van der Waals surface area (Å²) >= 11 is 0. The van der Waals surface area contributed by atoms with Gasteiger partial charge in [0.25, 0.3) is 0 Å². The Kier molecular flexibility index (Phi) is 4.96. The molecule has 29 heavy (non-hydrogen) atoms. The van der Waals surface area contributed by atoms with E-state index in [4.69, 9.17) is 15.6 Å². The van der Waals surface area contributed by atoms with Crippen LogP contribution in [-0.4, -0.2) is 21.5 Å². The van der Waals surface area contributed by atoms with E-state index in [1.807, 2.05) is 74.5 Å². The van der Waals surface area contributed by atoms with Crippen LogP contribution in [-0.2, 0) is 0 Å². The van der Waals surface area contributed by atoms with Crippen LogP contribution in [0, 0.1) is 10.8 Å². The van der Waals surface area contributed by atoms with Crippen molar-refractivity contribution in [1.29, 1.82) is 10.8 Å². The zero-order valence-electron chi connectivity index (χ0n) is 16.4. The van der Waals surface area contributed by atoms with Crippen LogP contribution in [0.15, 0.2) is 79.1 Å². The van der Waals surface area contributed by atoms with Gasteiger partial charge < -0.3 is 4.74 Å². The second-order valence-electron chi connectivity index (χ2n) is 7.09. The maximum Gasteiger partial charge on any atom is 0.138 e. The van der Waals surface area contributed by atoms with Gasteiger partial charge in [0.05, 0.1) is 11.6 Å². The van der Waals surface area contributed by atoms with Crippen molar-refractivity contribution in [3.63, 3.8) is 0 Å². The van der Waals surface area contributed by atoms with Crippen LogP contribution in [0.25, 0.3) is 22.0 Å². The lowest BCUT2D eigenvalue weighted by Crippen LogP contribution is -2.26. The Balaban J connectivity index is 1.67. The third-order valence-electron chi connectivity index (χ3n) is 4.66. The van der Waals surface area contributed by atoms with Crippen LogP contribution < -0.4 is 10.2 Å². The first-order valence-electron chi connectivity index (χ1n) is 9.50. The van der Waals surface area contributed by atoms with Gasteiger partial charge in [-0.3, -0.25) is 20.4 Å². The zero-order valence-corrected chi connectivity index (χ0v) is 16.4. The van der Waals surface area contributed by atoms with Crippen molar-refractivity contribution in [2.75, 3.05) is 0 Å². The van der Waals surface area contributed by atoms with E-state index in [0.29, 0.717) is 0 Å². The van der Waals surface area contributed by atoms with Crippen molar-refractivity contribution < 1.29 is 4.74 Å². The largest absolute Gasteiger partial charge is 0.491 e. The summed E-state index contributed by atoms with van der Waals surface area (Å²) in [6.45, 7) is 3.99. The minimum atomic E-state index is 0.131. The highest BCUT2D eigenvalue weighted by molar-refractivity contribution is 6.08. The van der Waals surface area contributed by atoms with Crippen LogP contribution in [0.3, 0.4) is 0 Å². The van der Waals surface area contributed by atoms with E-state index in [1.165, 1.54) is 0 Å². The molecule has 4 rings (SSSR count). The standard InChI is InChI=1S/C24H22N4O/c1-16(2)29-19-9-7-17(8-10-19)18-12-14-28(23(25)15-18)24(26)21-11-13-27-22-6-4-3-5-20(21)22/h3-16,25-26H,1-2H3. The molecule has 0 aliphatic carbocycles. The molecule has 0 aliphatic rings. The third-order valence-corrected chi connectivity index (χ3v) is 4.66. The van der Waals surface area contributed by atoms with Crippen LogP contribution in [0.1, 0.15) is 19.4 Å². The Labute approximate surface area is 169 Å². The number of benzene rings is 2. The number of nitrogens with one attached hydrogen (secondary N) is 2. The summed E-state index contributed by atoms with van der Waals surface area (Å²) in [4.78, 5) is 4.36. The fourth-order valence-electron chi connectivity index (χ4n) is 3.30. The minimum Gasteiger partial charge on any atom is -0.491 e. The lowest BCUT2D eigenvalue weighted by atomic mass is 10.1. The van der Waals surface area contributed by atoms with Crippen LogP contribution >= 0.6 is 0 Å². The SMILES string of the molecule is CC(C)Oc1ccc(-c2ccn(C(=N)c3ccnc4ccccc34)c(=N)c2)cc1. The van der Waals surface area contributed by atoms with Crippen molar-refractivity contribution in [2.24, 2.45) is 0 Å². The number of ether oxygens (including phenoxy) is 1. The number of hydrogen-bond donors (Lipinski definition) is 2. The predicted molar refractivity (Wildman–Crippen MR) is 115 cm³/mol. The van der Waals surface area contributed by atoms with Crippen LogP contribution in [0.4, 0.5) is 0 Å². The molecule has 0 atom stereocenters. The molecule has 0 amide bonds. The van der Waals surface area contributed by atoms with Crippen molar-refractivity contribution in [1.82, 2.24) is 9.55 Å². The minimum absolute atomic E-state index is 0.131. The molecule has 0 saturated heterocycles. The molecule has 144 valence electrons. The van der Waals surface area contributed by atoms with E-state index in [1.54, 1.807) is 23.0 Å². The molecule has 4 aromatic rings. The number of para-hydroxylation sites is 1. The van der Waals surface area contributed by atoms with E-state index in [0.717, 1.165) is 33.3 Å². The van der Waals surface area contributed by atoms with Crippen molar-refractivity contribution in [2.45, 2.75) is 20.0 Å². The summed E-state index contributed by atoms with van der Waals surface area (Å²) in [5, 5.41) is 18.0. The highest BCUT2D eigenvalue weighted by Crippen LogP contribution is 2.22. The molecule has 0 saturated carbocycles. The lowest BCUT2D eigenvalue weighted by Gasteiger charge is -2.13. The number of pyridine rings is 2. The van der Waals surface area contributed by atoms with Gasteiger partial charge in [-0.15, -0.1) is 0 Å². The van der Waals surface area contributed by atoms with Gasteiger partial charge in [-0.25, -0.2) is 0 Å². The molecule has 2 aromatic heterocycles. The summed E-state index contributed by atoms with van der Waals surface area (Å²) in [7, 11) is 0. The molecule has 0 spiro atoms. The Morgan fingerprint density at radius 1 is 0.966 bits per heavy atom. The Bertz CT molecular complexity index is 1230. The smallest absolute Gasteiger partial charge is 0.138 e. The highest BCUT2D eigenvalue weighted by Gasteiger charge is 2.10. The molecule has 0 aliphatic heterocycles. The van der Waals surface area contributed by atoms with Crippen molar-refractivity contribution >= 4 is 16.7 Å². The second-order valence-corrected chi connectivity index (χ2v) is 7.09. The molecule has 2 aromatic carbocycles. The molecule has 0 radical (unpaired) electrons. The van der Waals surface area contributed by atoms with Gasteiger partial charge in [-0.05, 0) is 61.4 Å². The first kappa shape index (κ1) is 18.6. The van der Waals surface area contributed by atoms with Gasteiger partial charge in [-0.2, -0.15) is 0 Å². The van der Waals surface area contributed by atoms with Gasteiger partial charge in [0.1, 0.15) is 17.1 Å². The van der Waals surface area contributed by atoms with E-state index in [9.17, 15) is 0 Å². The van der Waals surface area contributed by atoms with Gasteiger partial charge in [0.15, 0.2) is 0 Å². The molecular formula is C24H22N4O. The summed E-state index contributed by atoms with van der Waals surface area (Å²) in [5.41, 5.74) is 3.76. The van der Waals surface area contributed by atoms with Gasteiger partial charge in [0, 0.05) is 23.3 Å². The summed E-state index contributed by atoms with van der Waals surface area (Å²) in [6.07, 6.45) is 3.60. The fourth-order valence-corrected chi connectivity index (χ4v) is 3.30. The maximum atomic E-state index is 8.66.